The molecule has 1 heterocycles. The number of benzene rings is 1. The van der Waals surface area contributed by atoms with Crippen molar-refractivity contribution in [1.29, 1.82) is 0 Å². The molecular weight excluding hydrogens is 326 g/mol. The van der Waals surface area contributed by atoms with Crippen LogP contribution in [-0.2, 0) is 25.7 Å². The Hall–Kier alpha value is -2.18. The van der Waals surface area contributed by atoms with Crippen LogP contribution in [0.3, 0.4) is 0 Å². The minimum absolute atomic E-state index is 0.0914. The van der Waals surface area contributed by atoms with Gasteiger partial charge in [0.15, 0.2) is 0 Å². The molecule has 0 aliphatic heterocycles. The summed E-state index contributed by atoms with van der Waals surface area (Å²) < 4.78 is 10.3. The lowest BCUT2D eigenvalue weighted by Gasteiger charge is -2.19. The molecule has 2 unspecified atom stereocenters. The van der Waals surface area contributed by atoms with Gasteiger partial charge in [0.2, 0.25) is 5.91 Å². The highest BCUT2D eigenvalue weighted by atomic mass is 32.1. The maximum Gasteiger partial charge on any atom is 0.307 e. The van der Waals surface area contributed by atoms with E-state index in [9.17, 15) is 9.59 Å². The highest BCUT2D eigenvalue weighted by Crippen LogP contribution is 2.22. The maximum absolute atomic E-state index is 12.4. The number of carbonyl (C=O) groups is 2. The Bertz CT molecular complexity index is 642. The van der Waals surface area contributed by atoms with Crippen LogP contribution in [-0.4, -0.2) is 25.1 Å². The molecule has 2 aromatic rings. The molecule has 0 spiro atoms. The average Bonchev–Trinajstić information content (AvgIpc) is 3.14. The van der Waals surface area contributed by atoms with E-state index < -0.39 is 12.1 Å². The lowest BCUT2D eigenvalue weighted by atomic mass is 10.1. The van der Waals surface area contributed by atoms with Gasteiger partial charge in [-0.15, -0.1) is 11.3 Å². The van der Waals surface area contributed by atoms with E-state index in [1.807, 2.05) is 47.8 Å². The molecule has 128 valence electrons. The van der Waals surface area contributed by atoms with Crippen molar-refractivity contribution in [3.05, 3.63) is 58.3 Å². The van der Waals surface area contributed by atoms with Crippen molar-refractivity contribution in [3.8, 4) is 0 Å². The van der Waals surface area contributed by atoms with Gasteiger partial charge in [-0.1, -0.05) is 36.4 Å². The summed E-state index contributed by atoms with van der Waals surface area (Å²) in [6.07, 6.45) is -0.529. The van der Waals surface area contributed by atoms with Crippen molar-refractivity contribution in [3.63, 3.8) is 0 Å². The zero-order chi connectivity index (χ0) is 17.4. The number of ether oxygens (including phenoxy) is 2. The predicted molar refractivity (Wildman–Crippen MR) is 92.5 cm³/mol. The third kappa shape index (κ3) is 5.47. The molecule has 1 N–H and O–H groups in total. The second kappa shape index (κ2) is 9.20. The molecule has 0 radical (unpaired) electrons. The molecule has 0 bridgehead atoms. The number of amides is 1. The van der Waals surface area contributed by atoms with Crippen molar-refractivity contribution in [2.24, 2.45) is 0 Å². The number of hydrogen-bond donors (Lipinski definition) is 1. The van der Waals surface area contributed by atoms with Gasteiger partial charge >= 0.3 is 5.97 Å². The standard InChI is InChI=1S/C18H21NO4S/c1-13(23-12-14-7-4-3-5-8-14)18(21)19-15(11-17(20)22-2)16-9-6-10-24-16/h3-10,13,15H,11-12H2,1-2H3,(H,19,21). The molecule has 0 aliphatic rings. The van der Waals surface area contributed by atoms with Gasteiger partial charge in [0.1, 0.15) is 6.10 Å². The first-order chi connectivity index (χ1) is 11.6. The Labute approximate surface area is 145 Å². The second-order valence-electron chi connectivity index (χ2n) is 5.30. The Morgan fingerprint density at radius 1 is 1.17 bits per heavy atom. The minimum atomic E-state index is -0.620. The normalized spacial score (nSPS) is 13.1. The van der Waals surface area contributed by atoms with Crippen LogP contribution in [0.2, 0.25) is 0 Å². The van der Waals surface area contributed by atoms with Crippen molar-refractivity contribution >= 4 is 23.2 Å². The number of hydrogen-bond acceptors (Lipinski definition) is 5. The van der Waals surface area contributed by atoms with E-state index in [1.165, 1.54) is 18.4 Å². The van der Waals surface area contributed by atoms with Crippen molar-refractivity contribution in [2.45, 2.75) is 32.1 Å². The van der Waals surface area contributed by atoms with E-state index in [1.54, 1.807) is 6.92 Å². The summed E-state index contributed by atoms with van der Waals surface area (Å²) in [6.45, 7) is 2.05. The van der Waals surface area contributed by atoms with Gasteiger partial charge in [0.05, 0.1) is 26.2 Å². The molecule has 0 fully saturated rings. The second-order valence-corrected chi connectivity index (χ2v) is 6.27. The first-order valence-electron chi connectivity index (χ1n) is 7.66. The van der Waals surface area contributed by atoms with E-state index in [4.69, 9.17) is 9.47 Å². The molecule has 0 saturated carbocycles. The van der Waals surface area contributed by atoms with Crippen molar-refractivity contribution < 1.29 is 19.1 Å². The van der Waals surface area contributed by atoms with Crippen LogP contribution in [0.1, 0.15) is 29.8 Å². The minimum Gasteiger partial charge on any atom is -0.469 e. The number of nitrogens with one attached hydrogen (secondary N) is 1. The van der Waals surface area contributed by atoms with Gasteiger partial charge < -0.3 is 14.8 Å². The molecule has 1 amide bonds. The van der Waals surface area contributed by atoms with Gasteiger partial charge in [-0.2, -0.15) is 0 Å². The van der Waals surface area contributed by atoms with Crippen molar-refractivity contribution in [1.82, 2.24) is 5.32 Å². The van der Waals surface area contributed by atoms with Crippen LogP contribution in [0.5, 0.6) is 0 Å². The summed E-state index contributed by atoms with van der Waals surface area (Å²) in [5.41, 5.74) is 1.00. The van der Waals surface area contributed by atoms with E-state index >= 15 is 0 Å². The third-order valence-corrected chi connectivity index (χ3v) is 4.50. The lowest BCUT2D eigenvalue weighted by Crippen LogP contribution is -2.37. The Balaban J connectivity index is 1.92. The quantitative estimate of drug-likeness (QED) is 0.746. The van der Waals surface area contributed by atoms with Crippen LogP contribution >= 0.6 is 11.3 Å². The summed E-state index contributed by atoms with van der Waals surface area (Å²) in [6, 6.07) is 13.0. The smallest absolute Gasteiger partial charge is 0.307 e. The first-order valence-corrected chi connectivity index (χ1v) is 8.54. The molecular formula is C18H21NO4S. The Kier molecular flexibility index (Phi) is 6.96. The number of thiophene rings is 1. The molecule has 0 saturated heterocycles. The van der Waals surface area contributed by atoms with Gasteiger partial charge in [-0.25, -0.2) is 0 Å². The number of methoxy groups -OCH3 is 1. The Morgan fingerprint density at radius 3 is 2.54 bits per heavy atom. The number of carbonyl (C=O) groups excluding carboxylic acids is 2. The summed E-state index contributed by atoms with van der Waals surface area (Å²) in [5, 5.41) is 4.77. The van der Waals surface area contributed by atoms with E-state index in [0.29, 0.717) is 6.61 Å². The maximum atomic E-state index is 12.4. The summed E-state index contributed by atoms with van der Waals surface area (Å²) in [4.78, 5) is 24.8. The van der Waals surface area contributed by atoms with Gasteiger partial charge in [0.25, 0.3) is 0 Å². The van der Waals surface area contributed by atoms with Gasteiger partial charge in [0, 0.05) is 4.88 Å². The van der Waals surface area contributed by atoms with E-state index in [-0.39, 0.29) is 18.3 Å². The number of rotatable bonds is 8. The van der Waals surface area contributed by atoms with Gasteiger partial charge in [-0.3, -0.25) is 9.59 Å². The highest BCUT2D eigenvalue weighted by molar-refractivity contribution is 7.10. The topological polar surface area (TPSA) is 64.6 Å². The fourth-order valence-electron chi connectivity index (χ4n) is 2.12. The van der Waals surface area contributed by atoms with Crippen molar-refractivity contribution in [2.75, 3.05) is 7.11 Å². The predicted octanol–water partition coefficient (Wildman–Crippen LogP) is 3.07. The lowest BCUT2D eigenvalue weighted by molar-refractivity contribution is -0.141. The summed E-state index contributed by atoms with van der Waals surface area (Å²) >= 11 is 1.48. The molecule has 1 aromatic heterocycles. The van der Waals surface area contributed by atoms with E-state index in [2.05, 4.69) is 5.32 Å². The summed E-state index contributed by atoms with van der Waals surface area (Å²) in [7, 11) is 1.33. The summed E-state index contributed by atoms with van der Waals surface area (Å²) in [5.74, 6) is -0.625. The molecule has 6 heteroatoms. The van der Waals surface area contributed by atoms with Gasteiger partial charge in [-0.05, 0) is 23.9 Å². The molecule has 0 aliphatic carbocycles. The molecule has 2 atom stereocenters. The first kappa shape index (κ1) is 18.2. The monoisotopic (exact) mass is 347 g/mol. The highest BCUT2D eigenvalue weighted by Gasteiger charge is 2.23. The Morgan fingerprint density at radius 2 is 1.92 bits per heavy atom. The van der Waals surface area contributed by atoms with Crippen LogP contribution in [0.15, 0.2) is 47.8 Å². The fourth-order valence-corrected chi connectivity index (χ4v) is 2.90. The average molecular weight is 347 g/mol. The zero-order valence-electron chi connectivity index (χ0n) is 13.7. The SMILES string of the molecule is COC(=O)CC(NC(=O)C(C)OCc1ccccc1)c1cccs1. The fraction of sp³-hybridized carbons (Fsp3) is 0.333. The zero-order valence-corrected chi connectivity index (χ0v) is 14.5. The van der Waals surface area contributed by atoms with Crippen LogP contribution in [0, 0.1) is 0 Å². The van der Waals surface area contributed by atoms with E-state index in [0.717, 1.165) is 10.4 Å². The number of esters is 1. The van der Waals surface area contributed by atoms with Crippen LogP contribution in [0.4, 0.5) is 0 Å². The molecule has 24 heavy (non-hydrogen) atoms. The molecule has 5 nitrogen and oxygen atoms in total. The largest absolute Gasteiger partial charge is 0.469 e. The third-order valence-electron chi connectivity index (χ3n) is 3.51. The molecule has 2 rings (SSSR count). The van der Waals surface area contributed by atoms with Crippen LogP contribution in [0.25, 0.3) is 0 Å². The molecule has 1 aromatic carbocycles. The van der Waals surface area contributed by atoms with Crippen LogP contribution < -0.4 is 5.32 Å².